The summed E-state index contributed by atoms with van der Waals surface area (Å²) in [5.41, 5.74) is 18.9. The van der Waals surface area contributed by atoms with Gasteiger partial charge in [0.05, 0.1) is 5.41 Å². The summed E-state index contributed by atoms with van der Waals surface area (Å²) in [6.07, 6.45) is 10.9. The lowest BCUT2D eigenvalue weighted by atomic mass is 9.54. The van der Waals surface area contributed by atoms with E-state index in [1.54, 1.807) is 0 Å². The molecule has 0 aromatic heterocycles. The number of fused-ring (bicyclic) bond motifs is 3. The molecule has 0 spiro atoms. The van der Waals surface area contributed by atoms with Crippen LogP contribution in [0, 0.1) is 5.41 Å². The highest BCUT2D eigenvalue weighted by molar-refractivity contribution is 5.85. The summed E-state index contributed by atoms with van der Waals surface area (Å²) in [6, 6.07) is 66.7. The van der Waals surface area contributed by atoms with E-state index in [-0.39, 0.29) is 17.5 Å². The largest absolute Gasteiger partial charge is 0.355 e. The van der Waals surface area contributed by atoms with Crippen LogP contribution >= 0.6 is 0 Å². The van der Waals surface area contributed by atoms with Crippen molar-refractivity contribution < 1.29 is 0 Å². The molecule has 0 saturated carbocycles. The molecule has 2 aliphatic carbocycles. The topological polar surface area (TPSA) is 48.4 Å². The lowest BCUT2D eigenvalue weighted by Gasteiger charge is -2.47. The fourth-order valence-electron chi connectivity index (χ4n) is 8.93. The molecule has 0 saturated heterocycles. The molecule has 0 bridgehead atoms. The third kappa shape index (κ3) is 6.34. The zero-order chi connectivity index (χ0) is 37.8. The molecule has 3 N–H and O–H groups in total. The number of hydrogen-bond donors (Lipinski definition) is 3. The van der Waals surface area contributed by atoms with Gasteiger partial charge in [-0.25, -0.2) is 5.43 Å². The van der Waals surface area contributed by atoms with Crippen LogP contribution in [0.2, 0.25) is 0 Å². The number of rotatable bonds is 11. The first kappa shape index (κ1) is 35.0. The Kier molecular flexibility index (Phi) is 9.48. The van der Waals surface area contributed by atoms with Gasteiger partial charge in [-0.1, -0.05) is 183 Å². The lowest BCUT2D eigenvalue weighted by Crippen LogP contribution is -2.43. The fourth-order valence-corrected chi connectivity index (χ4v) is 8.93. The van der Waals surface area contributed by atoms with Crippen molar-refractivity contribution in [2.45, 2.75) is 24.4 Å². The first-order chi connectivity index (χ1) is 27.6. The molecule has 0 heterocycles. The lowest BCUT2D eigenvalue weighted by molar-refractivity contribution is 0.289. The Morgan fingerprint density at radius 2 is 1.18 bits per heavy atom. The smallest absolute Gasteiger partial charge is 0.141 e. The molecule has 4 heteroatoms. The van der Waals surface area contributed by atoms with Gasteiger partial charge in [-0.2, -0.15) is 0 Å². The second kappa shape index (κ2) is 15.2. The van der Waals surface area contributed by atoms with Gasteiger partial charge in [-0.15, -0.1) is 0 Å². The second-order valence-electron chi connectivity index (χ2n) is 14.8. The van der Waals surface area contributed by atoms with Crippen molar-refractivity contribution >= 4 is 23.3 Å². The molecule has 3 atom stereocenters. The maximum absolute atomic E-state index is 4.89. The number of allylic oxidation sites excluding steroid dienone is 4. The Hall–Kier alpha value is -6.75. The Bertz CT molecular complexity index is 2450. The van der Waals surface area contributed by atoms with Crippen molar-refractivity contribution in [3.8, 4) is 11.1 Å². The maximum Gasteiger partial charge on any atom is 0.141 e. The van der Waals surface area contributed by atoms with Crippen LogP contribution in [-0.4, -0.2) is 6.21 Å². The number of anilines is 3. The molecule has 4 nitrogen and oxygen atoms in total. The van der Waals surface area contributed by atoms with E-state index in [1.807, 2.05) is 42.6 Å². The van der Waals surface area contributed by atoms with E-state index in [9.17, 15) is 0 Å². The average Bonchev–Trinajstić information content (AvgIpc) is 3.49. The number of aliphatic imine (C=N–C) groups is 1. The van der Waals surface area contributed by atoms with Crippen LogP contribution in [0.5, 0.6) is 0 Å². The number of hydrogen-bond acceptors (Lipinski definition) is 4. The van der Waals surface area contributed by atoms with Crippen molar-refractivity contribution in [1.29, 1.82) is 0 Å². The van der Waals surface area contributed by atoms with E-state index in [4.69, 9.17) is 4.99 Å². The minimum Gasteiger partial charge on any atom is -0.355 e. The summed E-state index contributed by atoms with van der Waals surface area (Å²) in [7, 11) is 0. The number of nitrogens with one attached hydrogen (secondary N) is 3. The van der Waals surface area contributed by atoms with Crippen molar-refractivity contribution in [3.63, 3.8) is 0 Å². The van der Waals surface area contributed by atoms with E-state index in [0.29, 0.717) is 0 Å². The Balaban J connectivity index is 1.09. The number of benzene rings is 7. The van der Waals surface area contributed by atoms with Gasteiger partial charge in [0.2, 0.25) is 0 Å². The van der Waals surface area contributed by atoms with Crippen LogP contribution in [0.4, 0.5) is 17.1 Å². The van der Waals surface area contributed by atoms with Crippen LogP contribution in [0.15, 0.2) is 217 Å². The molecule has 9 rings (SSSR count). The summed E-state index contributed by atoms with van der Waals surface area (Å²) in [5.74, 6) is 0.189. The van der Waals surface area contributed by atoms with Crippen molar-refractivity contribution in [3.05, 3.63) is 246 Å². The van der Waals surface area contributed by atoms with Gasteiger partial charge in [0.25, 0.3) is 0 Å². The minimum absolute atomic E-state index is 0.189. The summed E-state index contributed by atoms with van der Waals surface area (Å²) < 4.78 is 0. The molecule has 3 unspecified atom stereocenters. The fraction of sp³-hybridized carbons (Fsp3) is 0.0962. The summed E-state index contributed by atoms with van der Waals surface area (Å²) in [4.78, 5) is 4.89. The molecular weight excluding hydrogens is 681 g/mol. The molecule has 2 aliphatic rings. The quantitative estimate of drug-likeness (QED) is 0.0919. The SMILES string of the molecule is CC12C=CC=CC1c1cc(-c3ccccc3)c(Nc3ccc(NNC(N=Cc4ccccc4)c4ccccc4)cc3)cc1C2(c1ccccc1)c1ccccc1. The van der Waals surface area contributed by atoms with E-state index < -0.39 is 5.41 Å². The van der Waals surface area contributed by atoms with Crippen LogP contribution in [0.25, 0.3) is 11.1 Å². The van der Waals surface area contributed by atoms with Crippen LogP contribution < -0.4 is 16.2 Å². The molecule has 272 valence electrons. The van der Waals surface area contributed by atoms with Gasteiger partial charge < -0.3 is 10.7 Å². The Morgan fingerprint density at radius 3 is 1.82 bits per heavy atom. The third-order valence-corrected chi connectivity index (χ3v) is 11.5. The highest BCUT2D eigenvalue weighted by atomic mass is 15.4. The van der Waals surface area contributed by atoms with Crippen molar-refractivity contribution in [2.24, 2.45) is 10.4 Å². The molecule has 0 fully saturated rings. The Labute approximate surface area is 330 Å². The number of nitrogens with zero attached hydrogens (tertiary/aromatic N) is 1. The number of hydrazine groups is 1. The van der Waals surface area contributed by atoms with E-state index in [1.165, 1.54) is 33.4 Å². The van der Waals surface area contributed by atoms with Gasteiger partial charge in [0.1, 0.15) is 6.17 Å². The summed E-state index contributed by atoms with van der Waals surface area (Å²) in [6.45, 7) is 2.45. The van der Waals surface area contributed by atoms with Gasteiger partial charge in [0.15, 0.2) is 0 Å². The normalized spacial score (nSPS) is 18.3. The molecule has 7 aromatic carbocycles. The van der Waals surface area contributed by atoms with E-state index in [2.05, 4.69) is 199 Å². The third-order valence-electron chi connectivity index (χ3n) is 11.5. The van der Waals surface area contributed by atoms with E-state index >= 15 is 0 Å². The first-order valence-electron chi connectivity index (χ1n) is 19.4. The zero-order valence-electron chi connectivity index (χ0n) is 31.4. The minimum atomic E-state index is -0.430. The predicted molar refractivity (Wildman–Crippen MR) is 233 cm³/mol. The van der Waals surface area contributed by atoms with Gasteiger partial charge in [-0.05, 0) is 75.3 Å². The molecule has 7 aromatic rings. The molecule has 0 aliphatic heterocycles. The Morgan fingerprint density at radius 1 is 0.607 bits per heavy atom. The van der Waals surface area contributed by atoms with Crippen LogP contribution in [0.3, 0.4) is 0 Å². The standard InChI is InChI=1S/C52H44N4/c1-51-34-18-17-29-47(51)46-35-45(39-21-9-3-10-22-39)49(36-48(46)52(51,41-25-13-5-14-26-41)42-27-15-6-16-28-42)54-43-30-32-44(33-31-43)55-56-50(40-23-11-4-12-24-40)53-37-38-19-7-2-8-20-38/h2-37,47,50,54-56H,1H3. The first-order valence-corrected chi connectivity index (χ1v) is 19.4. The highest BCUT2D eigenvalue weighted by Gasteiger charge is 2.60. The van der Waals surface area contributed by atoms with E-state index in [0.717, 1.165) is 28.2 Å². The summed E-state index contributed by atoms with van der Waals surface area (Å²) >= 11 is 0. The van der Waals surface area contributed by atoms with Crippen molar-refractivity contribution in [2.75, 3.05) is 10.7 Å². The maximum atomic E-state index is 4.89. The van der Waals surface area contributed by atoms with Gasteiger partial charge in [0, 0.05) is 40.2 Å². The van der Waals surface area contributed by atoms with Crippen LogP contribution in [-0.2, 0) is 5.41 Å². The monoisotopic (exact) mass is 724 g/mol. The highest BCUT2D eigenvalue weighted by Crippen LogP contribution is 2.67. The molecule has 0 amide bonds. The van der Waals surface area contributed by atoms with Crippen molar-refractivity contribution in [1.82, 2.24) is 5.43 Å². The predicted octanol–water partition coefficient (Wildman–Crippen LogP) is 12.4. The average molecular weight is 725 g/mol. The zero-order valence-corrected chi connectivity index (χ0v) is 31.4. The molecule has 56 heavy (non-hydrogen) atoms. The molecular formula is C52H44N4. The second-order valence-corrected chi connectivity index (χ2v) is 14.8. The summed E-state index contributed by atoms with van der Waals surface area (Å²) in [5, 5.41) is 3.88. The van der Waals surface area contributed by atoms with Gasteiger partial charge >= 0.3 is 0 Å². The van der Waals surface area contributed by atoms with Crippen LogP contribution in [0.1, 0.15) is 52.4 Å². The van der Waals surface area contributed by atoms with Gasteiger partial charge in [-0.3, -0.25) is 4.99 Å². The molecule has 0 radical (unpaired) electrons.